The highest BCUT2D eigenvalue weighted by Gasteiger charge is 2.06. The molecule has 72 valence electrons. The van der Waals surface area contributed by atoms with Crippen molar-refractivity contribution in [1.82, 2.24) is 15.1 Å². The van der Waals surface area contributed by atoms with Gasteiger partial charge < -0.3 is 10.6 Å². The summed E-state index contributed by atoms with van der Waals surface area (Å²) in [7, 11) is 3.57. The molecule has 1 rings (SSSR count). The molecular weight excluding hydrogens is 168 g/mol. The van der Waals surface area contributed by atoms with E-state index in [9.17, 15) is 4.79 Å². The van der Waals surface area contributed by atoms with E-state index in [1.165, 1.54) is 0 Å². The SMILES string of the molecule is CNCC(=O)Nc1cnn(C)c1C. The van der Waals surface area contributed by atoms with E-state index in [-0.39, 0.29) is 5.91 Å². The van der Waals surface area contributed by atoms with Crippen molar-refractivity contribution < 1.29 is 4.79 Å². The van der Waals surface area contributed by atoms with Gasteiger partial charge >= 0.3 is 0 Å². The lowest BCUT2D eigenvalue weighted by Gasteiger charge is -2.02. The standard InChI is InChI=1S/C8H14N4O/c1-6-7(4-10-12(6)3)11-8(13)5-9-2/h4,9H,5H2,1-3H3,(H,11,13). The second kappa shape index (κ2) is 4.04. The molecule has 0 aliphatic carbocycles. The fourth-order valence-electron chi connectivity index (χ4n) is 0.976. The zero-order chi connectivity index (χ0) is 9.84. The number of carbonyl (C=O) groups excluding carboxylic acids is 1. The number of amides is 1. The Kier molecular flexibility index (Phi) is 3.02. The molecule has 1 aromatic heterocycles. The summed E-state index contributed by atoms with van der Waals surface area (Å²) in [5, 5.41) is 9.53. The Morgan fingerprint density at radius 1 is 1.69 bits per heavy atom. The first-order valence-electron chi connectivity index (χ1n) is 4.08. The van der Waals surface area contributed by atoms with E-state index in [1.807, 2.05) is 14.0 Å². The summed E-state index contributed by atoms with van der Waals surface area (Å²) >= 11 is 0. The van der Waals surface area contributed by atoms with Gasteiger partial charge in [0.1, 0.15) is 0 Å². The van der Waals surface area contributed by atoms with Crippen molar-refractivity contribution in [2.45, 2.75) is 6.92 Å². The molecule has 0 saturated carbocycles. The number of rotatable bonds is 3. The maximum atomic E-state index is 11.2. The summed E-state index contributed by atoms with van der Waals surface area (Å²) in [5.74, 6) is -0.0569. The number of carbonyl (C=O) groups is 1. The Balaban J connectivity index is 2.64. The third kappa shape index (κ3) is 2.29. The van der Waals surface area contributed by atoms with E-state index >= 15 is 0 Å². The molecule has 0 spiro atoms. The number of likely N-dealkylation sites (N-methyl/N-ethyl adjacent to an activating group) is 1. The van der Waals surface area contributed by atoms with Crippen LogP contribution in [0, 0.1) is 6.92 Å². The molecule has 1 aromatic rings. The zero-order valence-electron chi connectivity index (χ0n) is 8.09. The van der Waals surface area contributed by atoms with Crippen molar-refractivity contribution in [3.8, 4) is 0 Å². The Bertz CT molecular complexity index is 305. The number of anilines is 1. The van der Waals surface area contributed by atoms with Gasteiger partial charge in [0.25, 0.3) is 0 Å². The number of nitrogens with one attached hydrogen (secondary N) is 2. The molecule has 1 heterocycles. The van der Waals surface area contributed by atoms with Gasteiger partial charge in [0.15, 0.2) is 0 Å². The van der Waals surface area contributed by atoms with Crippen LogP contribution in [-0.4, -0.2) is 29.3 Å². The smallest absolute Gasteiger partial charge is 0.238 e. The van der Waals surface area contributed by atoms with Crippen LogP contribution in [0.5, 0.6) is 0 Å². The molecule has 5 nitrogen and oxygen atoms in total. The molecule has 0 radical (unpaired) electrons. The van der Waals surface area contributed by atoms with Crippen LogP contribution < -0.4 is 10.6 Å². The Hall–Kier alpha value is -1.36. The highest BCUT2D eigenvalue weighted by atomic mass is 16.1. The van der Waals surface area contributed by atoms with E-state index in [1.54, 1.807) is 17.9 Å². The highest BCUT2D eigenvalue weighted by molar-refractivity contribution is 5.92. The summed E-state index contributed by atoms with van der Waals surface area (Å²) in [6.07, 6.45) is 1.64. The minimum Gasteiger partial charge on any atom is -0.322 e. The number of aryl methyl sites for hydroxylation is 1. The van der Waals surface area contributed by atoms with E-state index in [2.05, 4.69) is 15.7 Å². The summed E-state index contributed by atoms with van der Waals surface area (Å²) in [4.78, 5) is 11.2. The van der Waals surface area contributed by atoms with Crippen LogP contribution in [0.4, 0.5) is 5.69 Å². The lowest BCUT2D eigenvalue weighted by atomic mass is 10.4. The summed E-state index contributed by atoms with van der Waals surface area (Å²) < 4.78 is 1.72. The van der Waals surface area contributed by atoms with E-state index in [0.29, 0.717) is 6.54 Å². The molecule has 0 aromatic carbocycles. The largest absolute Gasteiger partial charge is 0.322 e. The molecule has 0 bridgehead atoms. The van der Waals surface area contributed by atoms with Crippen molar-refractivity contribution in [3.05, 3.63) is 11.9 Å². The van der Waals surface area contributed by atoms with Crippen LogP contribution in [0.25, 0.3) is 0 Å². The number of aromatic nitrogens is 2. The first-order valence-corrected chi connectivity index (χ1v) is 4.08. The fourth-order valence-corrected chi connectivity index (χ4v) is 0.976. The van der Waals surface area contributed by atoms with Gasteiger partial charge in [0, 0.05) is 7.05 Å². The number of hydrogen-bond acceptors (Lipinski definition) is 3. The second-order valence-corrected chi connectivity index (χ2v) is 2.85. The number of hydrogen-bond donors (Lipinski definition) is 2. The lowest BCUT2D eigenvalue weighted by Crippen LogP contribution is -2.25. The Labute approximate surface area is 77.1 Å². The van der Waals surface area contributed by atoms with Gasteiger partial charge in [-0.3, -0.25) is 9.48 Å². The lowest BCUT2D eigenvalue weighted by molar-refractivity contribution is -0.115. The average Bonchev–Trinajstić information content (AvgIpc) is 2.37. The molecule has 5 heteroatoms. The van der Waals surface area contributed by atoms with Crippen LogP contribution in [-0.2, 0) is 11.8 Å². The molecule has 0 fully saturated rings. The van der Waals surface area contributed by atoms with Gasteiger partial charge in [-0.25, -0.2) is 0 Å². The van der Waals surface area contributed by atoms with Crippen LogP contribution in [0.15, 0.2) is 6.20 Å². The van der Waals surface area contributed by atoms with E-state index in [0.717, 1.165) is 11.4 Å². The van der Waals surface area contributed by atoms with Crippen LogP contribution in [0.3, 0.4) is 0 Å². The second-order valence-electron chi connectivity index (χ2n) is 2.85. The third-order valence-corrected chi connectivity index (χ3v) is 1.85. The Morgan fingerprint density at radius 2 is 2.38 bits per heavy atom. The van der Waals surface area contributed by atoms with E-state index < -0.39 is 0 Å². The average molecular weight is 182 g/mol. The summed E-state index contributed by atoms with van der Waals surface area (Å²) in [6, 6.07) is 0. The van der Waals surface area contributed by atoms with Crippen molar-refractivity contribution in [2.75, 3.05) is 18.9 Å². The van der Waals surface area contributed by atoms with Gasteiger partial charge in [-0.2, -0.15) is 5.10 Å². The van der Waals surface area contributed by atoms with Crippen molar-refractivity contribution in [1.29, 1.82) is 0 Å². The van der Waals surface area contributed by atoms with Gasteiger partial charge in [-0.1, -0.05) is 0 Å². The van der Waals surface area contributed by atoms with Crippen molar-refractivity contribution >= 4 is 11.6 Å². The molecule has 0 aliphatic rings. The molecule has 0 atom stereocenters. The van der Waals surface area contributed by atoms with Gasteiger partial charge in [-0.15, -0.1) is 0 Å². The van der Waals surface area contributed by atoms with Crippen LogP contribution in [0.1, 0.15) is 5.69 Å². The molecule has 1 amide bonds. The predicted molar refractivity (Wildman–Crippen MR) is 50.5 cm³/mol. The minimum absolute atomic E-state index is 0.0569. The van der Waals surface area contributed by atoms with Crippen molar-refractivity contribution in [3.63, 3.8) is 0 Å². The molecule has 13 heavy (non-hydrogen) atoms. The number of nitrogens with zero attached hydrogens (tertiary/aromatic N) is 2. The van der Waals surface area contributed by atoms with Crippen LogP contribution >= 0.6 is 0 Å². The minimum atomic E-state index is -0.0569. The van der Waals surface area contributed by atoms with E-state index in [4.69, 9.17) is 0 Å². The van der Waals surface area contributed by atoms with Gasteiger partial charge in [0.05, 0.1) is 24.1 Å². The monoisotopic (exact) mass is 182 g/mol. The molecule has 2 N–H and O–H groups in total. The van der Waals surface area contributed by atoms with Crippen LogP contribution in [0.2, 0.25) is 0 Å². The molecule has 0 saturated heterocycles. The Morgan fingerprint density at radius 3 is 2.85 bits per heavy atom. The maximum Gasteiger partial charge on any atom is 0.238 e. The first kappa shape index (κ1) is 9.73. The quantitative estimate of drug-likeness (QED) is 0.685. The predicted octanol–water partition coefficient (Wildman–Crippen LogP) is -0.114. The fraction of sp³-hybridized carbons (Fsp3) is 0.500. The summed E-state index contributed by atoms with van der Waals surface area (Å²) in [6.45, 7) is 2.22. The molecular formula is C8H14N4O. The van der Waals surface area contributed by atoms with Gasteiger partial charge in [-0.05, 0) is 14.0 Å². The summed E-state index contributed by atoms with van der Waals surface area (Å²) in [5.41, 5.74) is 1.72. The van der Waals surface area contributed by atoms with Crippen molar-refractivity contribution in [2.24, 2.45) is 7.05 Å². The molecule has 0 unspecified atom stereocenters. The van der Waals surface area contributed by atoms with Gasteiger partial charge in [0.2, 0.25) is 5.91 Å². The normalized spacial score (nSPS) is 10.1. The first-order chi connectivity index (χ1) is 6.15. The maximum absolute atomic E-state index is 11.2. The highest BCUT2D eigenvalue weighted by Crippen LogP contribution is 2.11. The zero-order valence-corrected chi connectivity index (χ0v) is 8.09. The third-order valence-electron chi connectivity index (χ3n) is 1.85. The topological polar surface area (TPSA) is 59.0 Å². The molecule has 0 aliphatic heterocycles.